The molecule has 6 heteroatoms. The van der Waals surface area contributed by atoms with E-state index in [2.05, 4.69) is 0 Å². The minimum absolute atomic E-state index is 0.101. The predicted octanol–water partition coefficient (Wildman–Crippen LogP) is 3.60. The van der Waals surface area contributed by atoms with Crippen molar-refractivity contribution >= 4 is 29.3 Å². The molecule has 1 unspecified atom stereocenters. The van der Waals surface area contributed by atoms with Crippen molar-refractivity contribution in [3.63, 3.8) is 0 Å². The molecule has 0 heterocycles. The van der Waals surface area contributed by atoms with Gasteiger partial charge in [0.25, 0.3) is 0 Å². The van der Waals surface area contributed by atoms with Gasteiger partial charge in [-0.3, -0.25) is 14.4 Å². The highest BCUT2D eigenvalue weighted by Gasteiger charge is 2.22. The predicted molar refractivity (Wildman–Crippen MR) is 97.6 cm³/mol. The zero-order valence-corrected chi connectivity index (χ0v) is 16.0. The average Bonchev–Trinajstić information content (AvgIpc) is 2.58. The first kappa shape index (κ1) is 21.2. The lowest BCUT2D eigenvalue weighted by Gasteiger charge is -2.26. The number of halogens is 1. The van der Waals surface area contributed by atoms with E-state index in [0.29, 0.717) is 23.7 Å². The summed E-state index contributed by atoms with van der Waals surface area (Å²) in [7, 11) is 1.33. The maximum absolute atomic E-state index is 12.5. The molecule has 0 fully saturated rings. The minimum Gasteiger partial charge on any atom is -0.469 e. The van der Waals surface area contributed by atoms with Crippen molar-refractivity contribution in [1.29, 1.82) is 0 Å². The highest BCUT2D eigenvalue weighted by molar-refractivity contribution is 6.30. The summed E-state index contributed by atoms with van der Waals surface area (Å²) in [4.78, 5) is 38.0. The summed E-state index contributed by atoms with van der Waals surface area (Å²) in [6, 6.07) is 6.61. The van der Waals surface area contributed by atoms with Crippen molar-refractivity contribution in [2.45, 2.75) is 33.6 Å². The van der Waals surface area contributed by atoms with Gasteiger partial charge in [-0.2, -0.15) is 0 Å². The Morgan fingerprint density at radius 3 is 2.16 bits per heavy atom. The third-order valence-electron chi connectivity index (χ3n) is 3.77. The van der Waals surface area contributed by atoms with Gasteiger partial charge in [-0.15, -0.1) is 0 Å². The Hall–Kier alpha value is -1.88. The monoisotopic (exact) mass is 367 g/mol. The summed E-state index contributed by atoms with van der Waals surface area (Å²) in [6.07, 6.45) is 0.240. The fourth-order valence-corrected chi connectivity index (χ4v) is 2.61. The molecule has 1 amide bonds. The number of amides is 1. The summed E-state index contributed by atoms with van der Waals surface area (Å²) < 4.78 is 4.72. The van der Waals surface area contributed by atoms with Crippen molar-refractivity contribution < 1.29 is 19.1 Å². The van der Waals surface area contributed by atoms with E-state index in [1.54, 1.807) is 36.1 Å². The molecule has 1 aromatic carbocycles. The van der Waals surface area contributed by atoms with Gasteiger partial charge in [0.05, 0.1) is 13.0 Å². The van der Waals surface area contributed by atoms with Gasteiger partial charge < -0.3 is 9.64 Å². The van der Waals surface area contributed by atoms with Crippen LogP contribution in [-0.4, -0.2) is 42.8 Å². The van der Waals surface area contributed by atoms with Crippen LogP contribution < -0.4 is 0 Å². The van der Waals surface area contributed by atoms with Gasteiger partial charge >= 0.3 is 5.97 Å². The normalized spacial score (nSPS) is 11.9. The number of hydrogen-bond acceptors (Lipinski definition) is 4. The van der Waals surface area contributed by atoms with E-state index in [1.807, 2.05) is 13.8 Å². The quantitative estimate of drug-likeness (QED) is 0.494. The molecule has 0 aromatic heterocycles. The van der Waals surface area contributed by atoms with Gasteiger partial charge in [-0.05, 0) is 30.2 Å². The van der Waals surface area contributed by atoms with Crippen LogP contribution in [0.3, 0.4) is 0 Å². The molecule has 1 aromatic rings. The van der Waals surface area contributed by atoms with Crippen LogP contribution in [0.4, 0.5) is 0 Å². The number of carbonyl (C=O) groups is 3. The van der Waals surface area contributed by atoms with E-state index in [1.165, 1.54) is 7.11 Å². The van der Waals surface area contributed by atoms with Crippen LogP contribution in [0.25, 0.3) is 0 Å². The number of nitrogens with zero attached hydrogens (tertiary/aromatic N) is 1. The number of Topliss-reactive ketones (excluding diaryl/α,β-unsaturated/α-hetero) is 1. The molecular weight excluding hydrogens is 342 g/mol. The maximum Gasteiger partial charge on any atom is 0.310 e. The Labute approximate surface area is 154 Å². The zero-order valence-electron chi connectivity index (χ0n) is 15.3. The number of carbonyl (C=O) groups excluding carboxylic acids is 3. The van der Waals surface area contributed by atoms with Crippen LogP contribution in [0.2, 0.25) is 5.02 Å². The van der Waals surface area contributed by atoms with Crippen molar-refractivity contribution in [3.05, 3.63) is 34.9 Å². The van der Waals surface area contributed by atoms with Gasteiger partial charge in [0.15, 0.2) is 5.78 Å². The summed E-state index contributed by atoms with van der Waals surface area (Å²) in [5.41, 5.74) is 0.538. The molecule has 5 nitrogen and oxygen atoms in total. The number of esters is 1. The van der Waals surface area contributed by atoms with Crippen LogP contribution in [-0.2, 0) is 14.3 Å². The Bertz CT molecular complexity index is 598. The summed E-state index contributed by atoms with van der Waals surface area (Å²) in [6.45, 7) is 6.56. The number of methoxy groups -OCH3 is 1. The lowest BCUT2D eigenvalue weighted by Crippen LogP contribution is -2.39. The second kappa shape index (κ2) is 10.2. The number of ether oxygens (including phenoxy) is 1. The number of hydrogen-bond donors (Lipinski definition) is 0. The molecular formula is C19H26ClNO4. The fourth-order valence-electron chi connectivity index (χ4n) is 2.48. The minimum atomic E-state index is -0.403. The molecule has 0 aliphatic carbocycles. The van der Waals surface area contributed by atoms with E-state index in [-0.39, 0.29) is 36.4 Å². The number of ketones is 1. The Balaban J connectivity index is 2.66. The Morgan fingerprint density at radius 2 is 1.64 bits per heavy atom. The highest BCUT2D eigenvalue weighted by atomic mass is 35.5. The first-order chi connectivity index (χ1) is 11.7. The summed E-state index contributed by atoms with van der Waals surface area (Å²) in [5, 5.41) is 0.563. The molecule has 0 saturated carbocycles. The van der Waals surface area contributed by atoms with Crippen LogP contribution in [0.15, 0.2) is 24.3 Å². The van der Waals surface area contributed by atoms with E-state index >= 15 is 0 Å². The molecule has 1 atom stereocenters. The van der Waals surface area contributed by atoms with E-state index in [4.69, 9.17) is 16.3 Å². The van der Waals surface area contributed by atoms with Crippen molar-refractivity contribution in [2.24, 2.45) is 11.8 Å². The second-order valence-corrected chi connectivity index (χ2v) is 6.98. The lowest BCUT2D eigenvalue weighted by molar-refractivity contribution is -0.146. The third kappa shape index (κ3) is 7.26. The fraction of sp³-hybridized carbons (Fsp3) is 0.526. The molecule has 0 aliphatic heterocycles. The molecule has 0 spiro atoms. The Kier molecular flexibility index (Phi) is 8.62. The van der Waals surface area contributed by atoms with Gasteiger partial charge in [0.1, 0.15) is 0 Å². The largest absolute Gasteiger partial charge is 0.469 e. The maximum atomic E-state index is 12.5. The van der Waals surface area contributed by atoms with Gasteiger partial charge in [0.2, 0.25) is 5.91 Å². The SMILES string of the molecule is COC(=O)C(C)CN(CC(C)C)C(=O)CCC(=O)c1ccc(Cl)cc1. The average molecular weight is 368 g/mol. The molecule has 0 N–H and O–H groups in total. The topological polar surface area (TPSA) is 63.7 Å². The van der Waals surface area contributed by atoms with Crippen LogP contribution in [0, 0.1) is 11.8 Å². The first-order valence-electron chi connectivity index (χ1n) is 8.39. The smallest absolute Gasteiger partial charge is 0.310 e. The molecule has 0 aliphatic rings. The first-order valence-corrected chi connectivity index (χ1v) is 8.76. The van der Waals surface area contributed by atoms with Crippen molar-refractivity contribution in [1.82, 2.24) is 4.90 Å². The van der Waals surface area contributed by atoms with E-state index in [9.17, 15) is 14.4 Å². The van der Waals surface area contributed by atoms with Crippen LogP contribution >= 0.6 is 11.6 Å². The third-order valence-corrected chi connectivity index (χ3v) is 4.02. The summed E-state index contributed by atoms with van der Waals surface area (Å²) >= 11 is 5.81. The second-order valence-electron chi connectivity index (χ2n) is 6.55. The number of benzene rings is 1. The summed E-state index contributed by atoms with van der Waals surface area (Å²) in [5.74, 6) is -0.721. The zero-order chi connectivity index (χ0) is 19.0. The lowest BCUT2D eigenvalue weighted by atomic mass is 10.1. The Morgan fingerprint density at radius 1 is 1.04 bits per heavy atom. The van der Waals surface area contributed by atoms with Crippen molar-refractivity contribution in [3.8, 4) is 0 Å². The van der Waals surface area contributed by atoms with E-state index < -0.39 is 5.92 Å². The van der Waals surface area contributed by atoms with Gasteiger partial charge in [-0.25, -0.2) is 0 Å². The van der Waals surface area contributed by atoms with Gasteiger partial charge in [0, 0.05) is 36.5 Å². The molecule has 0 bridgehead atoms. The molecule has 1 rings (SSSR count). The van der Waals surface area contributed by atoms with E-state index in [0.717, 1.165) is 0 Å². The number of rotatable bonds is 9. The van der Waals surface area contributed by atoms with Crippen LogP contribution in [0.1, 0.15) is 44.0 Å². The van der Waals surface area contributed by atoms with Gasteiger partial charge in [-0.1, -0.05) is 32.4 Å². The molecule has 138 valence electrons. The standard InChI is InChI=1S/C19H26ClNO4/c1-13(2)11-21(12-14(3)19(24)25-4)18(23)10-9-17(22)15-5-7-16(20)8-6-15/h5-8,13-14H,9-12H2,1-4H3. The molecule has 25 heavy (non-hydrogen) atoms. The highest BCUT2D eigenvalue weighted by Crippen LogP contribution is 2.14. The molecule has 0 saturated heterocycles. The molecule has 0 radical (unpaired) electrons. The van der Waals surface area contributed by atoms with Crippen LogP contribution in [0.5, 0.6) is 0 Å². The van der Waals surface area contributed by atoms with Crippen molar-refractivity contribution in [2.75, 3.05) is 20.2 Å².